The minimum absolute atomic E-state index is 0.0196. The lowest BCUT2D eigenvalue weighted by molar-refractivity contribution is -0.140. The quantitative estimate of drug-likeness (QED) is 0.172. The molecule has 4 aromatic rings. The van der Waals surface area contributed by atoms with Gasteiger partial charge in [-0.3, -0.25) is 13.9 Å². The molecule has 242 valence electrons. The number of amides is 2. The molecule has 0 saturated heterocycles. The maximum absolute atomic E-state index is 14.6. The first-order chi connectivity index (χ1) is 22.0. The first kappa shape index (κ1) is 34.5. The minimum atomic E-state index is -4.25. The van der Waals surface area contributed by atoms with Gasteiger partial charge in [-0.2, -0.15) is 0 Å². The van der Waals surface area contributed by atoms with Crippen LogP contribution in [0, 0.1) is 12.8 Å². The van der Waals surface area contributed by atoms with E-state index in [-0.39, 0.29) is 41.1 Å². The van der Waals surface area contributed by atoms with E-state index in [0.717, 1.165) is 21.0 Å². The Labute approximate surface area is 277 Å². The Bertz CT molecular complexity index is 1720. The van der Waals surface area contributed by atoms with Gasteiger partial charge >= 0.3 is 0 Å². The first-order valence-electron chi connectivity index (χ1n) is 15.1. The number of nitrogens with one attached hydrogen (secondary N) is 1. The van der Waals surface area contributed by atoms with Crippen molar-refractivity contribution in [3.63, 3.8) is 0 Å². The summed E-state index contributed by atoms with van der Waals surface area (Å²) < 4.78 is 35.1. The molecule has 0 aliphatic rings. The molecule has 1 N–H and O–H groups in total. The Morgan fingerprint density at radius 2 is 1.50 bits per heavy atom. The standard InChI is InChI=1S/C36H40ClN3O5S/c1-26(2)23-38-36(42)33(22-28-11-7-5-8-12-28)39(24-29-16-18-30(37)19-17-29)35(41)25-40(32-21-27(3)15-20-34(32)45-4)46(43,44)31-13-9-6-10-14-31/h5-21,26,33H,22-25H2,1-4H3,(H,38,42)/t33-/m1/s1. The maximum Gasteiger partial charge on any atom is 0.264 e. The van der Waals surface area contributed by atoms with Gasteiger partial charge in [0.05, 0.1) is 17.7 Å². The highest BCUT2D eigenvalue weighted by Gasteiger charge is 2.35. The zero-order valence-electron chi connectivity index (χ0n) is 26.5. The SMILES string of the molecule is COc1ccc(C)cc1N(CC(=O)N(Cc1ccc(Cl)cc1)[C@H](Cc1ccccc1)C(=O)NCC(C)C)S(=O)(=O)c1ccccc1. The highest BCUT2D eigenvalue weighted by atomic mass is 35.5. The van der Waals surface area contributed by atoms with Gasteiger partial charge in [0.25, 0.3) is 10.0 Å². The topological polar surface area (TPSA) is 96.0 Å². The molecule has 0 unspecified atom stereocenters. The summed E-state index contributed by atoms with van der Waals surface area (Å²) in [7, 11) is -2.80. The zero-order valence-corrected chi connectivity index (χ0v) is 28.1. The van der Waals surface area contributed by atoms with Gasteiger partial charge in [-0.05, 0) is 65.9 Å². The second-order valence-electron chi connectivity index (χ2n) is 11.5. The average Bonchev–Trinajstić information content (AvgIpc) is 3.05. The number of anilines is 1. The van der Waals surface area contributed by atoms with Crippen LogP contribution >= 0.6 is 11.6 Å². The van der Waals surface area contributed by atoms with Crippen LogP contribution in [0.2, 0.25) is 5.02 Å². The number of aryl methyl sites for hydroxylation is 1. The van der Waals surface area contributed by atoms with Crippen LogP contribution in [-0.2, 0) is 32.6 Å². The van der Waals surface area contributed by atoms with Crippen molar-refractivity contribution in [2.45, 2.75) is 44.7 Å². The van der Waals surface area contributed by atoms with E-state index in [1.54, 1.807) is 60.7 Å². The Kier molecular flexibility index (Phi) is 11.8. The van der Waals surface area contributed by atoms with E-state index in [1.165, 1.54) is 24.1 Å². The van der Waals surface area contributed by atoms with E-state index in [2.05, 4.69) is 5.32 Å². The van der Waals surface area contributed by atoms with Gasteiger partial charge in [0, 0.05) is 24.5 Å². The van der Waals surface area contributed by atoms with E-state index in [1.807, 2.05) is 51.1 Å². The molecule has 4 aromatic carbocycles. The Morgan fingerprint density at radius 1 is 0.870 bits per heavy atom. The third kappa shape index (κ3) is 8.89. The van der Waals surface area contributed by atoms with Crippen molar-refractivity contribution in [2.24, 2.45) is 5.92 Å². The van der Waals surface area contributed by atoms with Crippen molar-refractivity contribution in [3.05, 3.63) is 125 Å². The lowest BCUT2D eigenvalue weighted by Crippen LogP contribution is -2.53. The summed E-state index contributed by atoms with van der Waals surface area (Å²) in [6.45, 7) is 5.71. The Morgan fingerprint density at radius 3 is 2.11 bits per heavy atom. The molecule has 0 saturated carbocycles. The zero-order chi connectivity index (χ0) is 33.3. The van der Waals surface area contributed by atoms with Gasteiger partial charge in [0.1, 0.15) is 18.3 Å². The monoisotopic (exact) mass is 661 g/mol. The molecule has 0 aliphatic heterocycles. The molecule has 0 bridgehead atoms. The van der Waals surface area contributed by atoms with Gasteiger partial charge in [-0.15, -0.1) is 0 Å². The van der Waals surface area contributed by atoms with E-state index < -0.39 is 28.5 Å². The lowest BCUT2D eigenvalue weighted by Gasteiger charge is -2.34. The Balaban J connectivity index is 1.83. The predicted octanol–water partition coefficient (Wildman–Crippen LogP) is 6.26. The second-order valence-corrected chi connectivity index (χ2v) is 13.8. The van der Waals surface area contributed by atoms with Gasteiger partial charge in [-0.1, -0.05) is 92.2 Å². The van der Waals surface area contributed by atoms with E-state index >= 15 is 0 Å². The highest BCUT2D eigenvalue weighted by Crippen LogP contribution is 2.34. The number of hydrogen-bond donors (Lipinski definition) is 1. The number of rotatable bonds is 14. The number of nitrogens with zero attached hydrogens (tertiary/aromatic N) is 2. The largest absolute Gasteiger partial charge is 0.495 e. The molecule has 0 aliphatic carbocycles. The summed E-state index contributed by atoms with van der Waals surface area (Å²) in [5.74, 6) is -0.413. The number of halogens is 1. The summed E-state index contributed by atoms with van der Waals surface area (Å²) in [6, 6.07) is 28.6. The minimum Gasteiger partial charge on any atom is -0.495 e. The normalized spacial score (nSPS) is 12.0. The summed E-state index contributed by atoms with van der Waals surface area (Å²) in [5.41, 5.74) is 2.59. The number of hydrogen-bond acceptors (Lipinski definition) is 5. The van der Waals surface area contributed by atoms with Crippen molar-refractivity contribution in [1.29, 1.82) is 0 Å². The number of benzene rings is 4. The maximum atomic E-state index is 14.6. The first-order valence-corrected chi connectivity index (χ1v) is 16.9. The number of ether oxygens (including phenoxy) is 1. The summed E-state index contributed by atoms with van der Waals surface area (Å²) in [4.78, 5) is 30.0. The third-order valence-electron chi connectivity index (χ3n) is 7.43. The summed E-state index contributed by atoms with van der Waals surface area (Å²) >= 11 is 6.16. The molecule has 8 nitrogen and oxygen atoms in total. The lowest BCUT2D eigenvalue weighted by atomic mass is 10.0. The van der Waals surface area contributed by atoms with Crippen molar-refractivity contribution in [2.75, 3.05) is 24.5 Å². The van der Waals surface area contributed by atoms with E-state index in [0.29, 0.717) is 11.6 Å². The molecule has 0 spiro atoms. The second kappa shape index (κ2) is 15.8. The van der Waals surface area contributed by atoms with Gasteiger partial charge in [0.15, 0.2) is 0 Å². The smallest absolute Gasteiger partial charge is 0.264 e. The number of carbonyl (C=O) groups excluding carboxylic acids is 2. The van der Waals surface area contributed by atoms with Crippen LogP contribution in [0.3, 0.4) is 0 Å². The van der Waals surface area contributed by atoms with Crippen molar-refractivity contribution >= 4 is 39.1 Å². The highest BCUT2D eigenvalue weighted by molar-refractivity contribution is 7.92. The van der Waals surface area contributed by atoms with Crippen LogP contribution in [0.4, 0.5) is 5.69 Å². The van der Waals surface area contributed by atoms with Crippen LogP contribution in [0.1, 0.15) is 30.5 Å². The van der Waals surface area contributed by atoms with Crippen LogP contribution in [0.5, 0.6) is 5.75 Å². The summed E-state index contributed by atoms with van der Waals surface area (Å²) in [5, 5.41) is 3.53. The molecule has 4 rings (SSSR count). The van der Waals surface area contributed by atoms with E-state index in [4.69, 9.17) is 16.3 Å². The van der Waals surface area contributed by atoms with Crippen molar-refractivity contribution in [1.82, 2.24) is 10.2 Å². The summed E-state index contributed by atoms with van der Waals surface area (Å²) in [6.07, 6.45) is 0.225. The van der Waals surface area contributed by atoms with E-state index in [9.17, 15) is 18.0 Å². The fourth-order valence-corrected chi connectivity index (χ4v) is 6.55. The Hall–Kier alpha value is -4.34. The molecule has 1 atom stereocenters. The molecule has 0 aromatic heterocycles. The van der Waals surface area contributed by atoms with Crippen LogP contribution < -0.4 is 14.4 Å². The van der Waals surface area contributed by atoms with Crippen LogP contribution in [0.15, 0.2) is 108 Å². The van der Waals surface area contributed by atoms with Gasteiger partial charge < -0.3 is 15.0 Å². The molecule has 0 heterocycles. The molecular formula is C36H40ClN3O5S. The molecular weight excluding hydrogens is 622 g/mol. The fourth-order valence-electron chi connectivity index (χ4n) is 4.99. The molecule has 46 heavy (non-hydrogen) atoms. The number of carbonyl (C=O) groups is 2. The van der Waals surface area contributed by atoms with Gasteiger partial charge in [-0.25, -0.2) is 8.42 Å². The van der Waals surface area contributed by atoms with Crippen LogP contribution in [-0.4, -0.2) is 51.4 Å². The predicted molar refractivity (Wildman–Crippen MR) is 182 cm³/mol. The average molecular weight is 662 g/mol. The van der Waals surface area contributed by atoms with Crippen molar-refractivity contribution < 1.29 is 22.7 Å². The molecule has 2 amide bonds. The molecule has 0 fully saturated rings. The van der Waals surface area contributed by atoms with Gasteiger partial charge in [0.2, 0.25) is 11.8 Å². The fraction of sp³-hybridized carbons (Fsp3) is 0.278. The number of sulfonamides is 1. The molecule has 10 heteroatoms. The number of methoxy groups -OCH3 is 1. The molecule has 0 radical (unpaired) electrons. The van der Waals surface area contributed by atoms with Crippen molar-refractivity contribution in [3.8, 4) is 5.75 Å². The van der Waals surface area contributed by atoms with Crippen LogP contribution in [0.25, 0.3) is 0 Å². The third-order valence-corrected chi connectivity index (χ3v) is 9.46.